The van der Waals surface area contributed by atoms with Gasteiger partial charge in [-0.2, -0.15) is 10.1 Å². The summed E-state index contributed by atoms with van der Waals surface area (Å²) in [7, 11) is 3.65. The molecule has 1 fully saturated rings. The van der Waals surface area contributed by atoms with E-state index in [1.54, 1.807) is 13.3 Å². The van der Waals surface area contributed by atoms with E-state index >= 15 is 0 Å². The summed E-state index contributed by atoms with van der Waals surface area (Å²) in [5, 5.41) is 7.78. The Hall–Kier alpha value is -2.15. The van der Waals surface area contributed by atoms with Crippen molar-refractivity contribution in [1.29, 1.82) is 0 Å². The molecule has 7 heteroatoms. The summed E-state index contributed by atoms with van der Waals surface area (Å²) in [6, 6.07) is 4.03. The van der Waals surface area contributed by atoms with Gasteiger partial charge in [-0.05, 0) is 31.7 Å². The van der Waals surface area contributed by atoms with Crippen LogP contribution in [0.4, 0.5) is 11.8 Å². The fraction of sp³-hybridized carbons (Fsp3) is 0.611. The van der Waals surface area contributed by atoms with Gasteiger partial charge in [0.2, 0.25) is 5.95 Å². The molecule has 2 aromatic heterocycles. The number of hydrogen-bond acceptors (Lipinski definition) is 6. The van der Waals surface area contributed by atoms with Crippen LogP contribution in [-0.2, 0) is 18.2 Å². The lowest BCUT2D eigenvalue weighted by Crippen LogP contribution is -2.31. The minimum Gasteiger partial charge on any atom is -0.382 e. The van der Waals surface area contributed by atoms with Crippen LogP contribution in [0.1, 0.15) is 43.6 Å². The number of aryl methyl sites for hydroxylation is 2. The van der Waals surface area contributed by atoms with Gasteiger partial charge in [0.25, 0.3) is 0 Å². The van der Waals surface area contributed by atoms with Crippen molar-refractivity contribution in [2.75, 3.05) is 37.0 Å². The number of aromatic nitrogens is 4. The lowest BCUT2D eigenvalue weighted by molar-refractivity contribution is 0.184. The average Bonchev–Trinajstić information content (AvgIpc) is 3.07. The number of nitrogens with zero attached hydrogens (tertiary/aromatic N) is 5. The van der Waals surface area contributed by atoms with Crippen LogP contribution >= 0.6 is 0 Å². The van der Waals surface area contributed by atoms with E-state index in [1.807, 2.05) is 23.9 Å². The van der Waals surface area contributed by atoms with Gasteiger partial charge < -0.3 is 15.0 Å². The highest BCUT2D eigenvalue weighted by Crippen LogP contribution is 2.22. The molecule has 0 aromatic carbocycles. The number of nitrogens with one attached hydrogen (secondary N) is 1. The zero-order valence-corrected chi connectivity index (χ0v) is 15.4. The maximum Gasteiger partial charge on any atom is 0.227 e. The van der Waals surface area contributed by atoms with Crippen LogP contribution in [0.25, 0.3) is 0 Å². The molecule has 1 saturated heterocycles. The fourth-order valence-electron chi connectivity index (χ4n) is 3.25. The highest BCUT2D eigenvalue weighted by molar-refractivity contribution is 5.45. The van der Waals surface area contributed by atoms with Crippen LogP contribution in [0.5, 0.6) is 0 Å². The number of hydrogen-bond donors (Lipinski definition) is 1. The highest BCUT2D eigenvalue weighted by Gasteiger charge is 2.19. The second kappa shape index (κ2) is 8.29. The minimum atomic E-state index is -0.00804. The van der Waals surface area contributed by atoms with Gasteiger partial charge in [0.05, 0.1) is 18.3 Å². The molecule has 0 amide bonds. The van der Waals surface area contributed by atoms with Crippen molar-refractivity contribution >= 4 is 11.8 Å². The van der Waals surface area contributed by atoms with Crippen molar-refractivity contribution in [3.63, 3.8) is 0 Å². The molecule has 2 aromatic rings. The smallest absolute Gasteiger partial charge is 0.227 e. The first-order valence-electron chi connectivity index (χ1n) is 9.07. The quantitative estimate of drug-likeness (QED) is 0.832. The van der Waals surface area contributed by atoms with E-state index in [2.05, 4.69) is 22.2 Å². The third-order valence-corrected chi connectivity index (χ3v) is 4.64. The Kier molecular flexibility index (Phi) is 5.86. The minimum absolute atomic E-state index is 0.00804. The van der Waals surface area contributed by atoms with E-state index < -0.39 is 0 Å². The summed E-state index contributed by atoms with van der Waals surface area (Å²) in [5.41, 5.74) is 2.12. The van der Waals surface area contributed by atoms with E-state index in [4.69, 9.17) is 14.7 Å². The summed E-state index contributed by atoms with van der Waals surface area (Å²) in [6.07, 6.45) is 6.41. The molecule has 0 radical (unpaired) electrons. The Balaban J connectivity index is 1.85. The Morgan fingerprint density at radius 2 is 2.04 bits per heavy atom. The first-order chi connectivity index (χ1) is 12.2. The predicted octanol–water partition coefficient (Wildman–Crippen LogP) is 2.56. The first-order valence-corrected chi connectivity index (χ1v) is 9.07. The van der Waals surface area contributed by atoms with Crippen molar-refractivity contribution in [3.05, 3.63) is 29.7 Å². The number of methoxy groups -OCH3 is 1. The van der Waals surface area contributed by atoms with Crippen LogP contribution in [-0.4, -0.2) is 46.6 Å². The summed E-state index contributed by atoms with van der Waals surface area (Å²) < 4.78 is 7.27. The lowest BCUT2D eigenvalue weighted by Gasteiger charge is -2.27. The van der Waals surface area contributed by atoms with E-state index in [1.165, 1.54) is 19.3 Å². The van der Waals surface area contributed by atoms with E-state index in [0.29, 0.717) is 6.61 Å². The zero-order valence-electron chi connectivity index (χ0n) is 15.4. The molecule has 136 valence electrons. The highest BCUT2D eigenvalue weighted by atomic mass is 16.5. The molecule has 1 aliphatic rings. The molecule has 7 nitrogen and oxygen atoms in total. The molecule has 25 heavy (non-hydrogen) atoms. The van der Waals surface area contributed by atoms with Crippen molar-refractivity contribution < 1.29 is 4.74 Å². The van der Waals surface area contributed by atoms with Crippen LogP contribution in [0.3, 0.4) is 0 Å². The average molecular weight is 344 g/mol. The number of rotatable bonds is 7. The standard InChI is InChI=1S/C18H28N6O/c1-4-14-12-17(22-18(20-14)24-10-6-5-7-11-24)21-15(13-25-3)16-8-9-19-23(16)2/h8-9,12,15H,4-7,10-11,13H2,1-3H3,(H,20,21,22). The predicted molar refractivity (Wildman–Crippen MR) is 98.9 cm³/mol. The van der Waals surface area contributed by atoms with E-state index in [9.17, 15) is 0 Å². The van der Waals surface area contributed by atoms with Gasteiger partial charge in [0.1, 0.15) is 5.82 Å². The third kappa shape index (κ3) is 4.28. The van der Waals surface area contributed by atoms with E-state index in [0.717, 1.165) is 42.7 Å². The van der Waals surface area contributed by atoms with Crippen molar-refractivity contribution in [2.45, 2.75) is 38.6 Å². The summed E-state index contributed by atoms with van der Waals surface area (Å²) in [4.78, 5) is 11.8. The van der Waals surface area contributed by atoms with Gasteiger partial charge in [-0.3, -0.25) is 4.68 Å². The van der Waals surface area contributed by atoms with Gasteiger partial charge >= 0.3 is 0 Å². The van der Waals surface area contributed by atoms with Crippen molar-refractivity contribution in [3.8, 4) is 0 Å². The van der Waals surface area contributed by atoms with Crippen molar-refractivity contribution in [2.24, 2.45) is 7.05 Å². The molecule has 1 atom stereocenters. The van der Waals surface area contributed by atoms with Crippen LogP contribution in [0.2, 0.25) is 0 Å². The summed E-state index contributed by atoms with van der Waals surface area (Å²) in [5.74, 6) is 1.68. The number of anilines is 2. The maximum absolute atomic E-state index is 5.40. The fourth-order valence-corrected chi connectivity index (χ4v) is 3.25. The molecule has 3 rings (SSSR count). The number of ether oxygens (including phenoxy) is 1. The normalized spacial score (nSPS) is 16.0. The first kappa shape index (κ1) is 17.7. The van der Waals surface area contributed by atoms with Crippen LogP contribution in [0.15, 0.2) is 18.3 Å². The van der Waals surface area contributed by atoms with Gasteiger partial charge in [-0.15, -0.1) is 0 Å². The molecule has 0 bridgehead atoms. The monoisotopic (exact) mass is 344 g/mol. The molecule has 0 aliphatic carbocycles. The molecule has 3 heterocycles. The lowest BCUT2D eigenvalue weighted by atomic mass is 10.1. The van der Waals surface area contributed by atoms with Crippen LogP contribution < -0.4 is 10.2 Å². The van der Waals surface area contributed by atoms with Gasteiger partial charge in [0.15, 0.2) is 0 Å². The molecular formula is C18H28N6O. The molecule has 1 aliphatic heterocycles. The molecule has 0 saturated carbocycles. The Labute approximate surface area is 149 Å². The summed E-state index contributed by atoms with van der Waals surface area (Å²) in [6.45, 7) is 4.75. The van der Waals surface area contributed by atoms with Gasteiger partial charge in [-0.25, -0.2) is 4.98 Å². The number of piperidine rings is 1. The van der Waals surface area contributed by atoms with Crippen molar-refractivity contribution in [1.82, 2.24) is 19.7 Å². The molecule has 1 N–H and O–H groups in total. The molecular weight excluding hydrogens is 316 g/mol. The zero-order chi connectivity index (χ0) is 17.6. The summed E-state index contributed by atoms with van der Waals surface area (Å²) >= 11 is 0. The van der Waals surface area contributed by atoms with Gasteiger partial charge in [-0.1, -0.05) is 6.92 Å². The SMILES string of the molecule is CCc1cc(NC(COC)c2ccnn2C)nc(N2CCCCC2)n1. The Morgan fingerprint density at radius 1 is 1.24 bits per heavy atom. The molecule has 1 unspecified atom stereocenters. The largest absolute Gasteiger partial charge is 0.382 e. The topological polar surface area (TPSA) is 68.1 Å². The second-order valence-electron chi connectivity index (χ2n) is 6.48. The van der Waals surface area contributed by atoms with Crippen LogP contribution in [0, 0.1) is 0 Å². The Bertz CT molecular complexity index is 680. The second-order valence-corrected chi connectivity index (χ2v) is 6.48. The van der Waals surface area contributed by atoms with Gasteiger partial charge in [0, 0.05) is 45.2 Å². The van der Waals surface area contributed by atoms with E-state index in [-0.39, 0.29) is 6.04 Å². The third-order valence-electron chi connectivity index (χ3n) is 4.64. The maximum atomic E-state index is 5.40. The Morgan fingerprint density at radius 3 is 2.68 bits per heavy atom. The molecule has 0 spiro atoms.